The maximum atomic E-state index is 10.9. The van der Waals surface area contributed by atoms with Crippen molar-refractivity contribution >= 4 is 5.97 Å². The summed E-state index contributed by atoms with van der Waals surface area (Å²) in [7, 11) is 0. The maximum absolute atomic E-state index is 10.9. The van der Waals surface area contributed by atoms with Gasteiger partial charge in [-0.3, -0.25) is 0 Å². The maximum Gasteiger partial charge on any atom is 0.356 e. The molecule has 4 heteroatoms. The van der Waals surface area contributed by atoms with E-state index in [0.29, 0.717) is 0 Å². The lowest BCUT2D eigenvalue weighted by Gasteiger charge is -2.09. The van der Waals surface area contributed by atoms with Gasteiger partial charge in [0.1, 0.15) is 0 Å². The Morgan fingerprint density at radius 2 is 1.94 bits per heavy atom. The highest BCUT2D eigenvalue weighted by Crippen LogP contribution is 2.20. The molecule has 0 aliphatic carbocycles. The minimum atomic E-state index is -0.999. The lowest BCUT2D eigenvalue weighted by atomic mass is 10.1. The summed E-state index contributed by atoms with van der Waals surface area (Å²) in [4.78, 5) is 10.9. The molecule has 0 atom stereocenters. The molecular formula is C13H14N2O2. The molecule has 0 aliphatic rings. The second-order valence-electron chi connectivity index (χ2n) is 4.16. The van der Waals surface area contributed by atoms with Gasteiger partial charge in [0, 0.05) is 5.69 Å². The third kappa shape index (κ3) is 2.20. The van der Waals surface area contributed by atoms with E-state index in [1.165, 1.54) is 0 Å². The molecule has 0 aliphatic heterocycles. The molecule has 4 nitrogen and oxygen atoms in total. The molecule has 0 spiro atoms. The van der Waals surface area contributed by atoms with Crippen LogP contribution in [-0.4, -0.2) is 20.9 Å². The molecule has 0 bridgehead atoms. The van der Waals surface area contributed by atoms with E-state index in [4.69, 9.17) is 5.11 Å². The van der Waals surface area contributed by atoms with E-state index < -0.39 is 5.97 Å². The predicted molar refractivity (Wildman–Crippen MR) is 64.6 cm³/mol. The first-order valence-electron chi connectivity index (χ1n) is 5.48. The minimum Gasteiger partial charge on any atom is -0.476 e. The van der Waals surface area contributed by atoms with Gasteiger partial charge in [0.25, 0.3) is 0 Å². The second-order valence-corrected chi connectivity index (χ2v) is 4.16. The highest BCUT2D eigenvalue weighted by Gasteiger charge is 2.16. The quantitative estimate of drug-likeness (QED) is 0.882. The van der Waals surface area contributed by atoms with Crippen molar-refractivity contribution in [1.29, 1.82) is 0 Å². The Hall–Kier alpha value is -2.10. The van der Waals surface area contributed by atoms with Gasteiger partial charge in [-0.15, -0.1) is 0 Å². The van der Waals surface area contributed by atoms with Crippen molar-refractivity contribution in [2.45, 2.75) is 19.8 Å². The van der Waals surface area contributed by atoms with Crippen LogP contribution in [0.1, 0.15) is 35.9 Å². The normalized spacial score (nSPS) is 10.8. The summed E-state index contributed by atoms with van der Waals surface area (Å²) in [5, 5.41) is 13.1. The topological polar surface area (TPSA) is 55.1 Å². The fourth-order valence-corrected chi connectivity index (χ4v) is 1.69. The molecule has 88 valence electrons. The Bertz CT molecular complexity index is 530. The number of aromatic carboxylic acids is 1. The summed E-state index contributed by atoms with van der Waals surface area (Å²) < 4.78 is 1.69. The SMILES string of the molecule is CC(C)c1cc(C(=O)O)nn1-c1ccccc1. The lowest BCUT2D eigenvalue weighted by molar-refractivity contribution is 0.0690. The van der Waals surface area contributed by atoms with Gasteiger partial charge in [0.05, 0.1) is 5.69 Å². The van der Waals surface area contributed by atoms with Crippen molar-refractivity contribution < 1.29 is 9.90 Å². The van der Waals surface area contributed by atoms with Gasteiger partial charge in [0.2, 0.25) is 0 Å². The molecule has 0 saturated heterocycles. The molecule has 1 heterocycles. The number of para-hydroxylation sites is 1. The van der Waals surface area contributed by atoms with Gasteiger partial charge in [0.15, 0.2) is 5.69 Å². The Kier molecular flexibility index (Phi) is 2.95. The number of carboxylic acids is 1. The average Bonchev–Trinajstić information content (AvgIpc) is 2.75. The molecule has 0 unspecified atom stereocenters. The molecule has 1 aromatic carbocycles. The van der Waals surface area contributed by atoms with Crippen LogP contribution < -0.4 is 0 Å². The van der Waals surface area contributed by atoms with Crippen molar-refractivity contribution in [1.82, 2.24) is 9.78 Å². The van der Waals surface area contributed by atoms with Crippen LogP contribution in [0.2, 0.25) is 0 Å². The molecule has 17 heavy (non-hydrogen) atoms. The van der Waals surface area contributed by atoms with Crippen molar-refractivity contribution in [3.8, 4) is 5.69 Å². The van der Waals surface area contributed by atoms with E-state index in [1.54, 1.807) is 10.7 Å². The summed E-state index contributed by atoms with van der Waals surface area (Å²) in [5.74, 6) is -0.780. The van der Waals surface area contributed by atoms with E-state index >= 15 is 0 Å². The highest BCUT2D eigenvalue weighted by molar-refractivity contribution is 5.85. The van der Waals surface area contributed by atoms with Gasteiger partial charge >= 0.3 is 5.97 Å². The van der Waals surface area contributed by atoms with E-state index in [0.717, 1.165) is 11.4 Å². The third-order valence-electron chi connectivity index (χ3n) is 2.55. The fourth-order valence-electron chi connectivity index (χ4n) is 1.69. The number of aromatic nitrogens is 2. The van der Waals surface area contributed by atoms with Gasteiger partial charge in [-0.2, -0.15) is 5.10 Å². The Morgan fingerprint density at radius 3 is 2.47 bits per heavy atom. The molecule has 0 fully saturated rings. The van der Waals surface area contributed by atoms with Crippen LogP contribution in [0.4, 0.5) is 0 Å². The van der Waals surface area contributed by atoms with E-state index in [2.05, 4.69) is 5.10 Å². The van der Waals surface area contributed by atoms with Crippen molar-refractivity contribution in [3.63, 3.8) is 0 Å². The van der Waals surface area contributed by atoms with E-state index in [-0.39, 0.29) is 11.6 Å². The van der Waals surface area contributed by atoms with Crippen LogP contribution in [0.3, 0.4) is 0 Å². The van der Waals surface area contributed by atoms with Gasteiger partial charge in [-0.1, -0.05) is 32.0 Å². The van der Waals surface area contributed by atoms with Crippen LogP contribution in [0.15, 0.2) is 36.4 Å². The third-order valence-corrected chi connectivity index (χ3v) is 2.55. The number of benzene rings is 1. The molecular weight excluding hydrogens is 216 g/mol. The lowest BCUT2D eigenvalue weighted by Crippen LogP contribution is -2.04. The van der Waals surface area contributed by atoms with Gasteiger partial charge in [-0.25, -0.2) is 9.48 Å². The standard InChI is InChI=1S/C13H14N2O2/c1-9(2)12-8-11(13(16)17)14-15(12)10-6-4-3-5-7-10/h3-9H,1-2H3,(H,16,17). The first-order chi connectivity index (χ1) is 8.09. The second kappa shape index (κ2) is 4.41. The van der Waals surface area contributed by atoms with Crippen molar-refractivity contribution in [2.75, 3.05) is 0 Å². The molecule has 1 N–H and O–H groups in total. The zero-order valence-electron chi connectivity index (χ0n) is 9.79. The minimum absolute atomic E-state index is 0.0811. The average molecular weight is 230 g/mol. The Morgan fingerprint density at radius 1 is 1.29 bits per heavy atom. The van der Waals surface area contributed by atoms with Crippen LogP contribution >= 0.6 is 0 Å². The summed E-state index contributed by atoms with van der Waals surface area (Å²) in [6, 6.07) is 11.2. The summed E-state index contributed by atoms with van der Waals surface area (Å²) in [6.07, 6.45) is 0. The molecule has 0 radical (unpaired) electrons. The molecule has 1 aromatic heterocycles. The smallest absolute Gasteiger partial charge is 0.356 e. The van der Waals surface area contributed by atoms with Gasteiger partial charge in [-0.05, 0) is 24.1 Å². The summed E-state index contributed by atoms with van der Waals surface area (Å²) in [5.41, 5.74) is 1.86. The van der Waals surface area contributed by atoms with E-state index in [9.17, 15) is 4.79 Å². The number of hydrogen-bond donors (Lipinski definition) is 1. The number of nitrogens with zero attached hydrogens (tertiary/aromatic N) is 2. The van der Waals surface area contributed by atoms with Gasteiger partial charge < -0.3 is 5.11 Å². The van der Waals surface area contributed by atoms with Crippen LogP contribution in [0.25, 0.3) is 5.69 Å². The zero-order valence-corrected chi connectivity index (χ0v) is 9.79. The first-order valence-corrected chi connectivity index (χ1v) is 5.48. The first kappa shape index (κ1) is 11.4. The Balaban J connectivity index is 2.56. The number of hydrogen-bond acceptors (Lipinski definition) is 2. The van der Waals surface area contributed by atoms with Crippen LogP contribution in [0.5, 0.6) is 0 Å². The number of carboxylic acid groups (broad SMARTS) is 1. The van der Waals surface area contributed by atoms with Crippen LogP contribution in [0, 0.1) is 0 Å². The molecule has 0 saturated carbocycles. The summed E-state index contributed by atoms with van der Waals surface area (Å²) >= 11 is 0. The van der Waals surface area contributed by atoms with Crippen molar-refractivity contribution in [2.24, 2.45) is 0 Å². The van der Waals surface area contributed by atoms with Crippen molar-refractivity contribution in [3.05, 3.63) is 47.8 Å². The van der Waals surface area contributed by atoms with E-state index in [1.807, 2.05) is 44.2 Å². The number of rotatable bonds is 3. The monoisotopic (exact) mass is 230 g/mol. The number of carbonyl (C=O) groups is 1. The predicted octanol–water partition coefficient (Wildman–Crippen LogP) is 2.69. The zero-order chi connectivity index (χ0) is 12.4. The highest BCUT2D eigenvalue weighted by atomic mass is 16.4. The van der Waals surface area contributed by atoms with Crippen LogP contribution in [-0.2, 0) is 0 Å². The summed E-state index contributed by atoms with van der Waals surface area (Å²) in [6.45, 7) is 4.03. The fraction of sp³-hybridized carbons (Fsp3) is 0.231. The molecule has 2 rings (SSSR count). The Labute approximate surface area is 99.5 Å². The largest absolute Gasteiger partial charge is 0.476 e. The molecule has 0 amide bonds. The molecule has 2 aromatic rings.